The molecular weight excluding hydrogens is 254 g/mol. The Morgan fingerprint density at radius 3 is 2.95 bits per heavy atom. The van der Waals surface area contributed by atoms with E-state index in [1.807, 2.05) is 12.1 Å². The molecule has 1 amide bonds. The normalized spacial score (nSPS) is 9.65. The van der Waals surface area contributed by atoms with Crippen LogP contribution in [-0.4, -0.2) is 24.0 Å². The van der Waals surface area contributed by atoms with Gasteiger partial charge in [0, 0.05) is 24.7 Å². The van der Waals surface area contributed by atoms with E-state index in [9.17, 15) is 4.79 Å². The lowest BCUT2D eigenvalue weighted by Gasteiger charge is -2.03. The molecule has 3 N–H and O–H groups in total. The highest BCUT2D eigenvalue weighted by atomic mass is 16.3. The Kier molecular flexibility index (Phi) is 4.93. The van der Waals surface area contributed by atoms with Crippen LogP contribution in [-0.2, 0) is 6.42 Å². The van der Waals surface area contributed by atoms with Gasteiger partial charge < -0.3 is 15.5 Å². The fourth-order valence-electron chi connectivity index (χ4n) is 1.60. The number of hydrogen-bond acceptors (Lipinski definition) is 4. The molecule has 0 atom stereocenters. The third-order valence-corrected chi connectivity index (χ3v) is 2.57. The summed E-state index contributed by atoms with van der Waals surface area (Å²) in [5.41, 5.74) is 6.39. The molecular formula is C15H15N3O2. The minimum atomic E-state index is -0.213. The monoisotopic (exact) mass is 269 g/mol. The van der Waals surface area contributed by atoms with Gasteiger partial charge in [-0.15, -0.1) is 0 Å². The number of rotatable bonds is 4. The molecule has 0 bridgehead atoms. The summed E-state index contributed by atoms with van der Waals surface area (Å²) in [6, 6.07) is 7.08. The third-order valence-electron chi connectivity index (χ3n) is 2.57. The summed E-state index contributed by atoms with van der Waals surface area (Å²) in [6.07, 6.45) is 3.82. The number of aromatic nitrogens is 1. The van der Waals surface area contributed by atoms with E-state index in [-0.39, 0.29) is 5.91 Å². The van der Waals surface area contributed by atoms with Crippen LogP contribution >= 0.6 is 0 Å². The largest absolute Gasteiger partial charge is 0.469 e. The molecule has 2 aromatic rings. The van der Waals surface area contributed by atoms with Crippen molar-refractivity contribution in [1.29, 1.82) is 0 Å². The molecule has 102 valence electrons. The SMILES string of the molecule is NCC#Cc1ccc(C(=O)NCCc2ccco2)nc1. The Hall–Kier alpha value is -2.58. The molecule has 5 heteroatoms. The van der Waals surface area contributed by atoms with Crippen LogP contribution in [0.25, 0.3) is 0 Å². The number of nitrogens with two attached hydrogens (primary N) is 1. The van der Waals surface area contributed by atoms with E-state index in [0.29, 0.717) is 25.2 Å². The molecule has 0 saturated heterocycles. The molecule has 0 aromatic carbocycles. The Balaban J connectivity index is 1.85. The molecule has 0 aliphatic rings. The van der Waals surface area contributed by atoms with Gasteiger partial charge in [-0.3, -0.25) is 4.79 Å². The summed E-state index contributed by atoms with van der Waals surface area (Å²) < 4.78 is 5.18. The number of nitrogens with zero attached hydrogens (tertiary/aromatic N) is 1. The van der Waals surface area contributed by atoms with Crippen LogP contribution in [0.4, 0.5) is 0 Å². The van der Waals surface area contributed by atoms with Crippen molar-refractivity contribution >= 4 is 5.91 Å². The van der Waals surface area contributed by atoms with E-state index in [0.717, 1.165) is 11.3 Å². The van der Waals surface area contributed by atoms with E-state index in [1.54, 1.807) is 24.6 Å². The van der Waals surface area contributed by atoms with Crippen molar-refractivity contribution < 1.29 is 9.21 Å². The zero-order chi connectivity index (χ0) is 14.2. The van der Waals surface area contributed by atoms with Crippen LogP contribution in [0.5, 0.6) is 0 Å². The number of nitrogens with one attached hydrogen (secondary N) is 1. The lowest BCUT2D eigenvalue weighted by Crippen LogP contribution is -2.26. The van der Waals surface area contributed by atoms with Crippen molar-refractivity contribution in [3.63, 3.8) is 0 Å². The molecule has 2 aromatic heterocycles. The number of furan rings is 1. The second kappa shape index (κ2) is 7.12. The van der Waals surface area contributed by atoms with Crippen LogP contribution in [0, 0.1) is 11.8 Å². The highest BCUT2D eigenvalue weighted by molar-refractivity contribution is 5.92. The fraction of sp³-hybridized carbons (Fsp3) is 0.200. The zero-order valence-corrected chi connectivity index (χ0v) is 10.9. The minimum absolute atomic E-state index is 0.213. The van der Waals surface area contributed by atoms with E-state index in [4.69, 9.17) is 10.2 Å². The molecule has 5 nitrogen and oxygen atoms in total. The highest BCUT2D eigenvalue weighted by Crippen LogP contribution is 2.01. The minimum Gasteiger partial charge on any atom is -0.469 e. The van der Waals surface area contributed by atoms with E-state index in [1.165, 1.54) is 0 Å². The van der Waals surface area contributed by atoms with Gasteiger partial charge in [0.2, 0.25) is 0 Å². The molecule has 2 heterocycles. The first-order valence-electron chi connectivity index (χ1n) is 6.25. The summed E-state index contributed by atoms with van der Waals surface area (Å²) >= 11 is 0. The van der Waals surface area contributed by atoms with Crippen LogP contribution < -0.4 is 11.1 Å². The Bertz CT molecular complexity index is 607. The summed E-state index contributed by atoms with van der Waals surface area (Å²) in [5, 5.41) is 2.78. The fourth-order valence-corrected chi connectivity index (χ4v) is 1.60. The Morgan fingerprint density at radius 2 is 2.30 bits per heavy atom. The molecule has 0 fully saturated rings. The number of amides is 1. The number of carbonyl (C=O) groups excluding carboxylic acids is 1. The Labute approximate surface area is 117 Å². The quantitative estimate of drug-likeness (QED) is 0.810. The summed E-state index contributed by atoms with van der Waals surface area (Å²) in [5.74, 6) is 6.21. The van der Waals surface area contributed by atoms with Crippen molar-refractivity contribution in [2.45, 2.75) is 6.42 Å². The topological polar surface area (TPSA) is 81.2 Å². The Morgan fingerprint density at radius 1 is 1.40 bits per heavy atom. The van der Waals surface area contributed by atoms with Crippen LogP contribution in [0.3, 0.4) is 0 Å². The maximum atomic E-state index is 11.8. The number of carbonyl (C=O) groups is 1. The number of pyridine rings is 1. The van der Waals surface area contributed by atoms with Gasteiger partial charge in [0.05, 0.1) is 12.8 Å². The van der Waals surface area contributed by atoms with Crippen LogP contribution in [0.15, 0.2) is 41.1 Å². The van der Waals surface area contributed by atoms with Crippen molar-refractivity contribution in [3.05, 3.63) is 53.7 Å². The van der Waals surface area contributed by atoms with E-state index in [2.05, 4.69) is 22.1 Å². The van der Waals surface area contributed by atoms with E-state index < -0.39 is 0 Å². The molecule has 0 aliphatic heterocycles. The first kappa shape index (κ1) is 13.8. The lowest BCUT2D eigenvalue weighted by atomic mass is 10.2. The molecule has 0 radical (unpaired) electrons. The molecule has 20 heavy (non-hydrogen) atoms. The maximum Gasteiger partial charge on any atom is 0.269 e. The second-order valence-electron chi connectivity index (χ2n) is 4.02. The predicted octanol–water partition coefficient (Wildman–Crippen LogP) is 0.957. The van der Waals surface area contributed by atoms with Gasteiger partial charge in [0.25, 0.3) is 5.91 Å². The first-order chi connectivity index (χ1) is 9.79. The van der Waals surface area contributed by atoms with Crippen LogP contribution in [0.1, 0.15) is 21.8 Å². The summed E-state index contributed by atoms with van der Waals surface area (Å²) in [4.78, 5) is 15.9. The van der Waals surface area contributed by atoms with E-state index >= 15 is 0 Å². The maximum absolute atomic E-state index is 11.8. The van der Waals surface area contributed by atoms with Crippen molar-refractivity contribution in [3.8, 4) is 11.8 Å². The molecule has 2 rings (SSSR count). The van der Waals surface area contributed by atoms with Crippen LogP contribution in [0.2, 0.25) is 0 Å². The van der Waals surface area contributed by atoms with Gasteiger partial charge in [-0.2, -0.15) is 0 Å². The average Bonchev–Trinajstić information content (AvgIpc) is 2.99. The smallest absolute Gasteiger partial charge is 0.269 e. The zero-order valence-electron chi connectivity index (χ0n) is 10.9. The average molecular weight is 269 g/mol. The molecule has 0 aliphatic carbocycles. The van der Waals surface area contributed by atoms with Gasteiger partial charge in [-0.25, -0.2) is 4.98 Å². The highest BCUT2D eigenvalue weighted by Gasteiger charge is 2.06. The molecule has 0 unspecified atom stereocenters. The van der Waals surface area contributed by atoms with Crippen molar-refractivity contribution in [1.82, 2.24) is 10.3 Å². The first-order valence-corrected chi connectivity index (χ1v) is 6.25. The van der Waals surface area contributed by atoms with Gasteiger partial charge >= 0.3 is 0 Å². The number of hydrogen-bond donors (Lipinski definition) is 2. The lowest BCUT2D eigenvalue weighted by molar-refractivity contribution is 0.0949. The van der Waals surface area contributed by atoms with Crippen molar-refractivity contribution in [2.75, 3.05) is 13.1 Å². The predicted molar refractivity (Wildman–Crippen MR) is 74.9 cm³/mol. The molecule has 0 spiro atoms. The van der Waals surface area contributed by atoms with Gasteiger partial charge in [-0.1, -0.05) is 11.8 Å². The summed E-state index contributed by atoms with van der Waals surface area (Å²) in [7, 11) is 0. The summed E-state index contributed by atoms with van der Waals surface area (Å²) in [6.45, 7) is 0.803. The van der Waals surface area contributed by atoms with Gasteiger partial charge in [0.1, 0.15) is 11.5 Å². The van der Waals surface area contributed by atoms with Gasteiger partial charge in [0.15, 0.2) is 0 Å². The van der Waals surface area contributed by atoms with Crippen molar-refractivity contribution in [2.24, 2.45) is 5.73 Å². The van der Waals surface area contributed by atoms with Gasteiger partial charge in [-0.05, 0) is 24.3 Å². The standard InChI is InChI=1S/C15H15N3O2/c16-8-1-3-12-5-6-14(18-11-12)15(19)17-9-7-13-4-2-10-20-13/h2,4-6,10-11H,7-9,16H2,(H,17,19). The second-order valence-corrected chi connectivity index (χ2v) is 4.02. The third kappa shape index (κ3) is 3.97. The molecule has 0 saturated carbocycles.